The van der Waals surface area contributed by atoms with Crippen LogP contribution in [-0.4, -0.2) is 6.54 Å². The molecule has 0 heterocycles. The van der Waals surface area contributed by atoms with Crippen LogP contribution in [0.25, 0.3) is 0 Å². The van der Waals surface area contributed by atoms with E-state index in [1.165, 1.54) is 31.7 Å². The van der Waals surface area contributed by atoms with Crippen molar-refractivity contribution in [3.05, 3.63) is 27.6 Å². The molecule has 3 heteroatoms. The van der Waals surface area contributed by atoms with Crippen molar-refractivity contribution >= 4 is 28.3 Å². The van der Waals surface area contributed by atoms with Gasteiger partial charge in [0.25, 0.3) is 0 Å². The fraction of sp³-hybridized carbons (Fsp3) is 0.571. The highest BCUT2D eigenvalue weighted by Crippen LogP contribution is 2.29. The molecule has 0 amide bonds. The first kappa shape index (κ1) is 13.1. The maximum absolute atomic E-state index is 13.3. The van der Waals surface area contributed by atoms with Crippen molar-refractivity contribution in [2.75, 3.05) is 11.9 Å². The van der Waals surface area contributed by atoms with Crippen LogP contribution in [0.15, 0.2) is 18.2 Å². The second kappa shape index (κ2) is 6.03. The van der Waals surface area contributed by atoms with Crippen LogP contribution >= 0.6 is 22.6 Å². The predicted molar refractivity (Wildman–Crippen MR) is 78.7 cm³/mol. The zero-order valence-electron chi connectivity index (χ0n) is 10.2. The van der Waals surface area contributed by atoms with E-state index in [1.807, 2.05) is 6.07 Å². The van der Waals surface area contributed by atoms with Gasteiger partial charge in [-0.2, -0.15) is 0 Å². The Kier molecular flexibility index (Phi) is 4.65. The molecule has 1 aliphatic rings. The summed E-state index contributed by atoms with van der Waals surface area (Å²) in [6.07, 6.45) is 5.29. The molecule has 1 aliphatic carbocycles. The van der Waals surface area contributed by atoms with Crippen LogP contribution in [0.4, 0.5) is 10.1 Å². The van der Waals surface area contributed by atoms with E-state index < -0.39 is 0 Å². The van der Waals surface area contributed by atoms with E-state index in [2.05, 4.69) is 34.8 Å². The standard InChI is InChI=1S/C14H19FIN/c1-10-5-7-11(8-6-10)9-17-13-4-2-3-12(15)14(13)16/h2-4,10-11,17H,5-9H2,1H3. The predicted octanol–water partition coefficient (Wildman–Crippen LogP) is 4.67. The third-order valence-electron chi connectivity index (χ3n) is 3.67. The van der Waals surface area contributed by atoms with Gasteiger partial charge in [0.1, 0.15) is 5.82 Å². The van der Waals surface area contributed by atoms with Gasteiger partial charge in [-0.3, -0.25) is 0 Å². The van der Waals surface area contributed by atoms with Crippen molar-refractivity contribution in [1.82, 2.24) is 0 Å². The number of benzene rings is 1. The molecule has 1 fully saturated rings. The SMILES string of the molecule is CC1CCC(CNc2cccc(F)c2I)CC1. The molecule has 1 nitrogen and oxygen atoms in total. The van der Waals surface area contributed by atoms with Gasteiger partial charge in [0, 0.05) is 6.54 Å². The Morgan fingerprint density at radius 3 is 2.71 bits per heavy atom. The van der Waals surface area contributed by atoms with Crippen LogP contribution in [0.5, 0.6) is 0 Å². The fourth-order valence-electron chi connectivity index (χ4n) is 2.43. The zero-order chi connectivity index (χ0) is 12.3. The third kappa shape index (κ3) is 3.57. The Bertz CT molecular complexity index is 372. The maximum Gasteiger partial charge on any atom is 0.138 e. The number of anilines is 1. The lowest BCUT2D eigenvalue weighted by Crippen LogP contribution is -2.20. The summed E-state index contributed by atoms with van der Waals surface area (Å²) in [5, 5.41) is 3.39. The van der Waals surface area contributed by atoms with E-state index in [0.29, 0.717) is 3.57 Å². The lowest BCUT2D eigenvalue weighted by atomic mass is 9.83. The molecule has 17 heavy (non-hydrogen) atoms. The van der Waals surface area contributed by atoms with Gasteiger partial charge in [-0.05, 0) is 59.4 Å². The molecule has 0 aromatic heterocycles. The van der Waals surface area contributed by atoms with E-state index in [-0.39, 0.29) is 5.82 Å². The summed E-state index contributed by atoms with van der Waals surface area (Å²) in [4.78, 5) is 0. The Morgan fingerprint density at radius 1 is 1.29 bits per heavy atom. The molecule has 0 saturated heterocycles. The summed E-state index contributed by atoms with van der Waals surface area (Å²) >= 11 is 2.06. The van der Waals surface area contributed by atoms with Gasteiger partial charge in [0.05, 0.1) is 9.26 Å². The molecule has 1 saturated carbocycles. The van der Waals surface area contributed by atoms with E-state index in [9.17, 15) is 4.39 Å². The van der Waals surface area contributed by atoms with Gasteiger partial charge in [-0.1, -0.05) is 25.8 Å². The molecule has 1 aromatic rings. The number of hydrogen-bond acceptors (Lipinski definition) is 1. The molecule has 94 valence electrons. The topological polar surface area (TPSA) is 12.0 Å². The highest BCUT2D eigenvalue weighted by molar-refractivity contribution is 14.1. The Morgan fingerprint density at radius 2 is 2.00 bits per heavy atom. The summed E-state index contributed by atoms with van der Waals surface area (Å²) in [7, 11) is 0. The second-order valence-corrected chi connectivity index (χ2v) is 6.19. The average molecular weight is 347 g/mol. The van der Waals surface area contributed by atoms with Gasteiger partial charge in [-0.15, -0.1) is 0 Å². The number of nitrogens with one attached hydrogen (secondary N) is 1. The van der Waals surface area contributed by atoms with Gasteiger partial charge >= 0.3 is 0 Å². The summed E-state index contributed by atoms with van der Waals surface area (Å²) in [5.74, 6) is 1.51. The molecule has 0 atom stereocenters. The Labute approximate surface area is 116 Å². The van der Waals surface area contributed by atoms with Crippen molar-refractivity contribution in [2.45, 2.75) is 32.6 Å². The van der Waals surface area contributed by atoms with Crippen LogP contribution in [0, 0.1) is 21.2 Å². The van der Waals surface area contributed by atoms with Crippen LogP contribution in [0.2, 0.25) is 0 Å². The van der Waals surface area contributed by atoms with Gasteiger partial charge in [0.2, 0.25) is 0 Å². The van der Waals surface area contributed by atoms with Gasteiger partial charge in [0.15, 0.2) is 0 Å². The molecular weight excluding hydrogens is 328 g/mol. The quantitative estimate of drug-likeness (QED) is 0.784. The van der Waals surface area contributed by atoms with E-state index >= 15 is 0 Å². The van der Waals surface area contributed by atoms with E-state index in [1.54, 1.807) is 6.07 Å². The van der Waals surface area contributed by atoms with Crippen LogP contribution in [-0.2, 0) is 0 Å². The summed E-state index contributed by atoms with van der Waals surface area (Å²) in [6.45, 7) is 3.31. The smallest absolute Gasteiger partial charge is 0.138 e. The van der Waals surface area contributed by atoms with Crippen molar-refractivity contribution < 1.29 is 4.39 Å². The van der Waals surface area contributed by atoms with Gasteiger partial charge < -0.3 is 5.32 Å². The average Bonchev–Trinajstić information content (AvgIpc) is 2.33. The van der Waals surface area contributed by atoms with E-state index in [0.717, 1.165) is 24.1 Å². The van der Waals surface area contributed by atoms with Crippen LogP contribution in [0.1, 0.15) is 32.6 Å². The molecule has 1 N–H and O–H groups in total. The minimum atomic E-state index is -0.132. The summed E-state index contributed by atoms with van der Waals surface area (Å²) in [5.41, 5.74) is 0.934. The number of rotatable bonds is 3. The minimum Gasteiger partial charge on any atom is -0.384 e. The Balaban J connectivity index is 1.87. The normalized spacial score (nSPS) is 24.6. The molecular formula is C14H19FIN. The van der Waals surface area contributed by atoms with Gasteiger partial charge in [-0.25, -0.2) is 4.39 Å². The first-order valence-corrected chi connectivity index (χ1v) is 7.42. The monoisotopic (exact) mass is 347 g/mol. The second-order valence-electron chi connectivity index (χ2n) is 5.11. The molecule has 0 radical (unpaired) electrons. The molecule has 2 rings (SSSR count). The third-order valence-corrected chi connectivity index (χ3v) is 4.76. The first-order chi connectivity index (χ1) is 8.16. The molecule has 0 bridgehead atoms. The van der Waals surface area contributed by atoms with E-state index in [4.69, 9.17) is 0 Å². The molecule has 0 unspecified atom stereocenters. The van der Waals surface area contributed by atoms with Crippen molar-refractivity contribution in [1.29, 1.82) is 0 Å². The maximum atomic E-state index is 13.3. The first-order valence-electron chi connectivity index (χ1n) is 6.34. The van der Waals surface area contributed by atoms with Crippen LogP contribution in [0.3, 0.4) is 0 Å². The van der Waals surface area contributed by atoms with Crippen molar-refractivity contribution in [3.63, 3.8) is 0 Å². The minimum absolute atomic E-state index is 0.132. The van der Waals surface area contributed by atoms with Crippen molar-refractivity contribution in [3.8, 4) is 0 Å². The van der Waals surface area contributed by atoms with Crippen molar-refractivity contribution in [2.24, 2.45) is 11.8 Å². The summed E-state index contributed by atoms with van der Waals surface area (Å²) < 4.78 is 14.1. The molecule has 1 aromatic carbocycles. The fourth-order valence-corrected chi connectivity index (χ4v) is 2.98. The lowest BCUT2D eigenvalue weighted by Gasteiger charge is -2.26. The number of halogens is 2. The Hall–Kier alpha value is -0.320. The summed E-state index contributed by atoms with van der Waals surface area (Å²) in [6, 6.07) is 5.23. The van der Waals surface area contributed by atoms with Crippen LogP contribution < -0.4 is 5.32 Å². The number of hydrogen-bond donors (Lipinski definition) is 1. The lowest BCUT2D eigenvalue weighted by molar-refractivity contribution is 0.300. The zero-order valence-corrected chi connectivity index (χ0v) is 12.3. The highest BCUT2D eigenvalue weighted by atomic mass is 127. The molecule has 0 aliphatic heterocycles. The largest absolute Gasteiger partial charge is 0.384 e. The molecule has 0 spiro atoms. The highest BCUT2D eigenvalue weighted by Gasteiger charge is 2.18.